The van der Waals surface area contributed by atoms with Crippen molar-refractivity contribution >= 4 is 27.7 Å². The summed E-state index contributed by atoms with van der Waals surface area (Å²) >= 11 is 1.81. The Labute approximate surface area is 165 Å². The zero-order valence-electron chi connectivity index (χ0n) is 16.3. The molecule has 1 N–H and O–H groups in total. The van der Waals surface area contributed by atoms with Crippen LogP contribution in [0.4, 0.5) is 0 Å². The van der Waals surface area contributed by atoms with E-state index >= 15 is 0 Å². The standard InChI is InChI=1S/C20H23NO2S.C2H4O/c1-4-22-17-8-5-15(6-9-17)13-23-18-10-7-16-11-19(14(2)21-3)24-20(16)12-18;1-2-3/h5-12,14,21H,4,13H2,1-3H3;2H,1H3. The highest BCUT2D eigenvalue weighted by atomic mass is 32.1. The highest BCUT2D eigenvalue weighted by Gasteiger charge is 2.08. The third-order valence-corrected chi connectivity index (χ3v) is 5.29. The van der Waals surface area contributed by atoms with Gasteiger partial charge in [0.2, 0.25) is 0 Å². The Morgan fingerprint density at radius 1 is 1.07 bits per heavy atom. The Hall–Kier alpha value is -2.37. The monoisotopic (exact) mass is 385 g/mol. The summed E-state index contributed by atoms with van der Waals surface area (Å²) in [5.41, 5.74) is 1.13. The van der Waals surface area contributed by atoms with E-state index in [1.165, 1.54) is 21.9 Å². The van der Waals surface area contributed by atoms with E-state index in [2.05, 4.69) is 30.4 Å². The van der Waals surface area contributed by atoms with Gasteiger partial charge in [0.1, 0.15) is 24.4 Å². The molecule has 0 aliphatic rings. The summed E-state index contributed by atoms with van der Waals surface area (Å²) in [6.45, 7) is 6.85. The number of benzene rings is 2. The first-order valence-electron chi connectivity index (χ1n) is 9.06. The first-order valence-corrected chi connectivity index (χ1v) is 9.88. The number of hydrogen-bond donors (Lipinski definition) is 1. The Bertz CT molecular complexity index is 842. The number of aldehydes is 1. The van der Waals surface area contributed by atoms with Crippen LogP contribution in [-0.4, -0.2) is 19.9 Å². The van der Waals surface area contributed by atoms with Crippen LogP contribution in [0.2, 0.25) is 0 Å². The number of carbonyl (C=O) groups excluding carboxylic acids is 1. The molecule has 4 nitrogen and oxygen atoms in total. The molecule has 0 bridgehead atoms. The summed E-state index contributed by atoms with van der Waals surface area (Å²) in [6.07, 6.45) is 0.750. The number of fused-ring (bicyclic) bond motifs is 1. The van der Waals surface area contributed by atoms with Gasteiger partial charge in [-0.2, -0.15) is 0 Å². The molecule has 144 valence electrons. The second kappa shape index (κ2) is 10.7. The first kappa shape index (κ1) is 20.9. The van der Waals surface area contributed by atoms with Gasteiger partial charge in [0.25, 0.3) is 0 Å². The number of carbonyl (C=O) groups is 1. The normalized spacial score (nSPS) is 11.4. The van der Waals surface area contributed by atoms with Crippen LogP contribution >= 0.6 is 11.3 Å². The summed E-state index contributed by atoms with van der Waals surface area (Å²) in [4.78, 5) is 10.1. The highest BCUT2D eigenvalue weighted by Crippen LogP contribution is 2.32. The molecule has 0 amide bonds. The van der Waals surface area contributed by atoms with Gasteiger partial charge in [0.05, 0.1) is 6.61 Å². The number of ether oxygens (including phenoxy) is 2. The molecule has 0 saturated heterocycles. The zero-order valence-corrected chi connectivity index (χ0v) is 17.1. The smallest absolute Gasteiger partial charge is 0.121 e. The Morgan fingerprint density at radius 3 is 2.37 bits per heavy atom. The van der Waals surface area contributed by atoms with Crippen molar-refractivity contribution < 1.29 is 14.3 Å². The fraction of sp³-hybridized carbons (Fsp3) is 0.318. The van der Waals surface area contributed by atoms with Crippen molar-refractivity contribution in [2.75, 3.05) is 13.7 Å². The van der Waals surface area contributed by atoms with E-state index in [9.17, 15) is 0 Å². The average Bonchev–Trinajstić information content (AvgIpc) is 3.11. The average molecular weight is 386 g/mol. The largest absolute Gasteiger partial charge is 0.494 e. The molecule has 1 atom stereocenters. The maximum atomic E-state index is 8.81. The molecule has 1 heterocycles. The van der Waals surface area contributed by atoms with E-state index in [1.54, 1.807) is 0 Å². The van der Waals surface area contributed by atoms with Gasteiger partial charge in [-0.15, -0.1) is 11.3 Å². The van der Waals surface area contributed by atoms with Crippen LogP contribution in [0.3, 0.4) is 0 Å². The van der Waals surface area contributed by atoms with Crippen LogP contribution in [0, 0.1) is 0 Å². The van der Waals surface area contributed by atoms with E-state index in [4.69, 9.17) is 14.3 Å². The van der Waals surface area contributed by atoms with E-state index < -0.39 is 0 Å². The number of nitrogens with one attached hydrogen (secondary N) is 1. The maximum absolute atomic E-state index is 8.81. The van der Waals surface area contributed by atoms with Crippen molar-refractivity contribution in [1.82, 2.24) is 5.32 Å². The molecule has 0 aliphatic carbocycles. The Balaban J connectivity index is 0.000000817. The lowest BCUT2D eigenvalue weighted by molar-refractivity contribution is -0.106. The fourth-order valence-electron chi connectivity index (χ4n) is 2.49. The second-order valence-electron chi connectivity index (χ2n) is 5.96. The van der Waals surface area contributed by atoms with E-state index in [0.29, 0.717) is 19.3 Å². The third kappa shape index (κ3) is 6.08. The van der Waals surface area contributed by atoms with E-state index in [1.807, 2.05) is 55.6 Å². The van der Waals surface area contributed by atoms with Gasteiger partial charge in [0, 0.05) is 15.6 Å². The summed E-state index contributed by atoms with van der Waals surface area (Å²) in [5.74, 6) is 1.80. The Kier molecular flexibility index (Phi) is 8.30. The molecule has 2 aromatic carbocycles. The summed E-state index contributed by atoms with van der Waals surface area (Å²) < 4.78 is 12.7. The second-order valence-corrected chi connectivity index (χ2v) is 7.08. The quantitative estimate of drug-likeness (QED) is 0.556. The zero-order chi connectivity index (χ0) is 19.6. The fourth-order valence-corrected chi connectivity index (χ4v) is 3.65. The molecular weight excluding hydrogens is 358 g/mol. The van der Waals surface area contributed by atoms with Gasteiger partial charge < -0.3 is 19.6 Å². The predicted octanol–water partition coefficient (Wildman–Crippen LogP) is 5.36. The van der Waals surface area contributed by atoms with Crippen LogP contribution in [0.1, 0.15) is 37.3 Å². The molecule has 0 fully saturated rings. The SMILES string of the molecule is CC=O.CCOc1ccc(COc2ccc3cc(C(C)NC)sc3c2)cc1. The third-order valence-electron chi connectivity index (χ3n) is 4.01. The van der Waals surface area contributed by atoms with Gasteiger partial charge in [-0.05, 0) is 75.2 Å². The van der Waals surface area contributed by atoms with Crippen molar-refractivity contribution in [2.24, 2.45) is 0 Å². The van der Waals surface area contributed by atoms with Crippen LogP contribution in [-0.2, 0) is 11.4 Å². The molecule has 1 unspecified atom stereocenters. The van der Waals surface area contributed by atoms with Gasteiger partial charge >= 0.3 is 0 Å². The number of thiophene rings is 1. The molecule has 5 heteroatoms. The van der Waals surface area contributed by atoms with Gasteiger partial charge in [-0.3, -0.25) is 0 Å². The van der Waals surface area contributed by atoms with Gasteiger partial charge in [-0.25, -0.2) is 0 Å². The van der Waals surface area contributed by atoms with E-state index in [-0.39, 0.29) is 0 Å². The van der Waals surface area contributed by atoms with Crippen molar-refractivity contribution in [3.63, 3.8) is 0 Å². The molecule has 27 heavy (non-hydrogen) atoms. The minimum Gasteiger partial charge on any atom is -0.494 e. The molecule has 1 aromatic heterocycles. The molecule has 0 saturated carbocycles. The van der Waals surface area contributed by atoms with Crippen molar-refractivity contribution in [3.8, 4) is 11.5 Å². The van der Waals surface area contributed by atoms with Crippen LogP contribution < -0.4 is 14.8 Å². The molecule has 3 rings (SSSR count). The van der Waals surface area contributed by atoms with Gasteiger partial charge in [-0.1, -0.05) is 12.1 Å². The lowest BCUT2D eigenvalue weighted by Crippen LogP contribution is -2.10. The molecule has 0 aliphatic heterocycles. The van der Waals surface area contributed by atoms with Crippen molar-refractivity contribution in [1.29, 1.82) is 0 Å². The van der Waals surface area contributed by atoms with Crippen LogP contribution in [0.15, 0.2) is 48.5 Å². The molecule has 0 radical (unpaired) electrons. The molecular formula is C22H27NO3S. The van der Waals surface area contributed by atoms with Crippen LogP contribution in [0.5, 0.6) is 11.5 Å². The lowest BCUT2D eigenvalue weighted by Gasteiger charge is -2.08. The minimum atomic E-state index is 0.371. The lowest BCUT2D eigenvalue weighted by atomic mass is 10.2. The number of rotatable bonds is 7. The minimum absolute atomic E-state index is 0.371. The maximum Gasteiger partial charge on any atom is 0.121 e. The molecule has 3 aromatic rings. The topological polar surface area (TPSA) is 47.6 Å². The highest BCUT2D eigenvalue weighted by molar-refractivity contribution is 7.19. The van der Waals surface area contributed by atoms with E-state index in [0.717, 1.165) is 23.3 Å². The summed E-state index contributed by atoms with van der Waals surface area (Å²) in [7, 11) is 1.99. The van der Waals surface area contributed by atoms with Gasteiger partial charge in [0.15, 0.2) is 0 Å². The predicted molar refractivity (Wildman–Crippen MR) is 113 cm³/mol. The first-order chi connectivity index (χ1) is 13.1. The Morgan fingerprint density at radius 2 is 1.74 bits per heavy atom. The summed E-state index contributed by atoms with van der Waals surface area (Å²) in [6, 6.07) is 17.0. The number of hydrogen-bond acceptors (Lipinski definition) is 5. The van der Waals surface area contributed by atoms with Crippen molar-refractivity contribution in [3.05, 3.63) is 59.0 Å². The van der Waals surface area contributed by atoms with Crippen LogP contribution in [0.25, 0.3) is 10.1 Å². The molecule has 0 spiro atoms. The summed E-state index contributed by atoms with van der Waals surface area (Å²) in [5, 5.41) is 4.55. The van der Waals surface area contributed by atoms with Crippen molar-refractivity contribution in [2.45, 2.75) is 33.4 Å².